The third-order valence-corrected chi connectivity index (χ3v) is 4.29. The van der Waals surface area contributed by atoms with Gasteiger partial charge < -0.3 is 5.32 Å². The maximum Gasteiger partial charge on any atom is 0.389 e. The second-order valence-corrected chi connectivity index (χ2v) is 5.30. The summed E-state index contributed by atoms with van der Waals surface area (Å²) < 4.78 is 36.3. The predicted octanol–water partition coefficient (Wildman–Crippen LogP) is 3.20. The Kier molecular flexibility index (Phi) is 5.26. The number of nitrogens with one attached hydrogen (secondary N) is 1. The number of thioether (sulfide) groups is 1. The Balaban J connectivity index is 2.34. The monoisotopic (exact) mass is 241 g/mol. The number of rotatable bonds is 4. The van der Waals surface area contributed by atoms with Crippen LogP contribution in [0.4, 0.5) is 13.2 Å². The van der Waals surface area contributed by atoms with Crippen LogP contribution in [0.15, 0.2) is 0 Å². The van der Waals surface area contributed by atoms with E-state index in [4.69, 9.17) is 0 Å². The summed E-state index contributed by atoms with van der Waals surface area (Å²) in [6.45, 7) is 0. The molecule has 5 heteroatoms. The van der Waals surface area contributed by atoms with Crippen LogP contribution in [-0.2, 0) is 0 Å². The Labute approximate surface area is 93.2 Å². The molecule has 1 heterocycles. The van der Waals surface area contributed by atoms with E-state index in [2.05, 4.69) is 5.32 Å². The van der Waals surface area contributed by atoms with Gasteiger partial charge in [-0.05, 0) is 32.1 Å². The Bertz CT molecular complexity index is 178. The molecular formula is C10H18F3NS. The summed E-state index contributed by atoms with van der Waals surface area (Å²) >= 11 is 1.82. The SMILES string of the molecule is CNC(CCC(F)(F)F)C1CCCCS1. The number of hydrogen-bond acceptors (Lipinski definition) is 2. The molecule has 15 heavy (non-hydrogen) atoms. The molecule has 1 nitrogen and oxygen atoms in total. The molecule has 0 aromatic carbocycles. The van der Waals surface area contributed by atoms with Crippen molar-refractivity contribution in [2.45, 2.75) is 49.6 Å². The summed E-state index contributed by atoms with van der Waals surface area (Å²) in [4.78, 5) is 0. The summed E-state index contributed by atoms with van der Waals surface area (Å²) in [6.07, 6.45) is -1.07. The molecule has 0 saturated carbocycles. The fourth-order valence-electron chi connectivity index (χ4n) is 1.92. The maximum atomic E-state index is 12.1. The molecule has 1 N–H and O–H groups in total. The summed E-state index contributed by atoms with van der Waals surface area (Å²) in [7, 11) is 1.76. The van der Waals surface area contributed by atoms with Gasteiger partial charge in [0.25, 0.3) is 0 Å². The highest BCUT2D eigenvalue weighted by Gasteiger charge is 2.31. The third kappa shape index (κ3) is 5.11. The van der Waals surface area contributed by atoms with E-state index in [9.17, 15) is 13.2 Å². The molecule has 1 aliphatic rings. The van der Waals surface area contributed by atoms with Crippen molar-refractivity contribution in [3.63, 3.8) is 0 Å². The molecule has 0 aromatic heterocycles. The highest BCUT2D eigenvalue weighted by molar-refractivity contribution is 8.00. The molecule has 0 spiro atoms. The molecule has 0 radical (unpaired) electrons. The van der Waals surface area contributed by atoms with Crippen LogP contribution >= 0.6 is 11.8 Å². The molecule has 0 amide bonds. The van der Waals surface area contributed by atoms with Crippen molar-refractivity contribution < 1.29 is 13.2 Å². The lowest BCUT2D eigenvalue weighted by molar-refractivity contribution is -0.136. The van der Waals surface area contributed by atoms with Gasteiger partial charge in [-0.25, -0.2) is 0 Å². The summed E-state index contributed by atoms with van der Waals surface area (Å²) in [5.74, 6) is 1.09. The van der Waals surface area contributed by atoms with Gasteiger partial charge in [0.05, 0.1) is 0 Å². The van der Waals surface area contributed by atoms with Crippen molar-refractivity contribution in [3.05, 3.63) is 0 Å². The summed E-state index contributed by atoms with van der Waals surface area (Å²) in [6, 6.07) is 0.0110. The molecule has 1 fully saturated rings. The van der Waals surface area contributed by atoms with Crippen molar-refractivity contribution in [2.24, 2.45) is 0 Å². The summed E-state index contributed by atoms with van der Waals surface area (Å²) in [5.41, 5.74) is 0. The molecule has 2 unspecified atom stereocenters. The van der Waals surface area contributed by atoms with Crippen LogP contribution in [0, 0.1) is 0 Å². The zero-order valence-electron chi connectivity index (χ0n) is 8.94. The zero-order chi connectivity index (χ0) is 11.3. The normalized spacial score (nSPS) is 25.2. The van der Waals surface area contributed by atoms with Gasteiger partial charge in [0, 0.05) is 17.7 Å². The van der Waals surface area contributed by atoms with Crippen molar-refractivity contribution in [2.75, 3.05) is 12.8 Å². The fourth-order valence-corrected chi connectivity index (χ4v) is 3.43. The van der Waals surface area contributed by atoms with E-state index in [-0.39, 0.29) is 12.5 Å². The van der Waals surface area contributed by atoms with E-state index in [1.807, 2.05) is 11.8 Å². The van der Waals surface area contributed by atoms with E-state index >= 15 is 0 Å². The zero-order valence-corrected chi connectivity index (χ0v) is 9.76. The first-order valence-electron chi connectivity index (χ1n) is 5.38. The highest BCUT2D eigenvalue weighted by Crippen LogP contribution is 2.31. The van der Waals surface area contributed by atoms with Gasteiger partial charge in [0.2, 0.25) is 0 Å². The molecule has 0 aromatic rings. The lowest BCUT2D eigenvalue weighted by Crippen LogP contribution is -2.38. The van der Waals surface area contributed by atoms with Crippen LogP contribution in [0.25, 0.3) is 0 Å². The van der Waals surface area contributed by atoms with E-state index < -0.39 is 12.6 Å². The number of hydrogen-bond donors (Lipinski definition) is 1. The van der Waals surface area contributed by atoms with Crippen LogP contribution in [0.5, 0.6) is 0 Å². The Morgan fingerprint density at radius 3 is 2.60 bits per heavy atom. The van der Waals surface area contributed by atoms with Crippen LogP contribution in [0.1, 0.15) is 32.1 Å². The summed E-state index contributed by atoms with van der Waals surface area (Å²) in [5, 5.41) is 3.39. The largest absolute Gasteiger partial charge is 0.389 e. The van der Waals surface area contributed by atoms with Gasteiger partial charge >= 0.3 is 6.18 Å². The average Bonchev–Trinajstić information content (AvgIpc) is 2.19. The molecule has 1 saturated heterocycles. The Hall–Kier alpha value is 0.100. The second-order valence-electron chi connectivity index (χ2n) is 3.95. The molecule has 90 valence electrons. The molecule has 2 atom stereocenters. The minimum absolute atomic E-state index is 0.0110. The van der Waals surface area contributed by atoms with Crippen molar-refractivity contribution >= 4 is 11.8 Å². The van der Waals surface area contributed by atoms with Crippen molar-refractivity contribution in [1.29, 1.82) is 0 Å². The van der Waals surface area contributed by atoms with Crippen LogP contribution in [0.2, 0.25) is 0 Å². The van der Waals surface area contributed by atoms with Gasteiger partial charge in [-0.2, -0.15) is 24.9 Å². The first-order valence-corrected chi connectivity index (χ1v) is 6.43. The van der Waals surface area contributed by atoms with Crippen LogP contribution in [-0.4, -0.2) is 30.3 Å². The molecule has 1 rings (SSSR count). The standard InChI is InChI=1S/C10H18F3NS/c1-14-8(5-6-10(11,12)13)9-4-2-3-7-15-9/h8-9,14H,2-7H2,1H3. The van der Waals surface area contributed by atoms with E-state index in [1.54, 1.807) is 7.05 Å². The van der Waals surface area contributed by atoms with Gasteiger partial charge in [-0.1, -0.05) is 6.42 Å². The second kappa shape index (κ2) is 5.99. The maximum absolute atomic E-state index is 12.1. The predicted molar refractivity (Wildman–Crippen MR) is 58.2 cm³/mol. The van der Waals surface area contributed by atoms with E-state index in [0.29, 0.717) is 5.25 Å². The molecular weight excluding hydrogens is 223 g/mol. The topological polar surface area (TPSA) is 12.0 Å². The minimum Gasteiger partial charge on any atom is -0.316 e. The molecule has 1 aliphatic heterocycles. The minimum atomic E-state index is -4.02. The lowest BCUT2D eigenvalue weighted by Gasteiger charge is -2.29. The van der Waals surface area contributed by atoms with Gasteiger partial charge in [-0.3, -0.25) is 0 Å². The fraction of sp³-hybridized carbons (Fsp3) is 1.00. The van der Waals surface area contributed by atoms with E-state index in [1.165, 1.54) is 6.42 Å². The van der Waals surface area contributed by atoms with Crippen LogP contribution < -0.4 is 5.32 Å². The Morgan fingerprint density at radius 1 is 1.40 bits per heavy atom. The number of halogens is 3. The van der Waals surface area contributed by atoms with E-state index in [0.717, 1.165) is 18.6 Å². The van der Waals surface area contributed by atoms with Gasteiger partial charge in [-0.15, -0.1) is 0 Å². The smallest absolute Gasteiger partial charge is 0.316 e. The first-order chi connectivity index (χ1) is 7.03. The first kappa shape index (κ1) is 13.2. The number of alkyl halides is 3. The van der Waals surface area contributed by atoms with Crippen molar-refractivity contribution in [1.82, 2.24) is 5.32 Å². The average molecular weight is 241 g/mol. The Morgan fingerprint density at radius 2 is 2.13 bits per heavy atom. The van der Waals surface area contributed by atoms with Gasteiger partial charge in [0.15, 0.2) is 0 Å². The highest BCUT2D eigenvalue weighted by atomic mass is 32.2. The lowest BCUT2D eigenvalue weighted by atomic mass is 10.0. The van der Waals surface area contributed by atoms with Crippen LogP contribution in [0.3, 0.4) is 0 Å². The third-order valence-electron chi connectivity index (χ3n) is 2.77. The van der Waals surface area contributed by atoms with Crippen molar-refractivity contribution in [3.8, 4) is 0 Å². The molecule has 0 aliphatic carbocycles. The molecule has 0 bridgehead atoms. The van der Waals surface area contributed by atoms with Gasteiger partial charge in [0.1, 0.15) is 0 Å². The quantitative estimate of drug-likeness (QED) is 0.811.